The molecule has 1 aliphatic heterocycles. The van der Waals surface area contributed by atoms with Crippen LogP contribution < -0.4 is 5.73 Å². The van der Waals surface area contributed by atoms with Crippen LogP contribution in [-0.4, -0.2) is 55.1 Å². The zero-order valence-electron chi connectivity index (χ0n) is 13.6. The fourth-order valence-electron chi connectivity index (χ4n) is 3.43. The number of hydrogen-bond acceptors (Lipinski definition) is 3. The van der Waals surface area contributed by atoms with Crippen molar-refractivity contribution in [3.05, 3.63) is 35.6 Å². The lowest BCUT2D eigenvalue weighted by Crippen LogP contribution is -2.53. The van der Waals surface area contributed by atoms with Gasteiger partial charge in [-0.05, 0) is 45.0 Å². The molecule has 3 unspecified atom stereocenters. The minimum atomic E-state index is -0.193. The molecule has 1 aromatic rings. The normalized spacial score (nSPS) is 26.2. The van der Waals surface area contributed by atoms with Crippen molar-refractivity contribution in [1.82, 2.24) is 9.80 Å². The predicted octanol–water partition coefficient (Wildman–Crippen LogP) is 1.97. The van der Waals surface area contributed by atoms with Gasteiger partial charge in [0, 0.05) is 31.2 Å². The summed E-state index contributed by atoms with van der Waals surface area (Å²) in [5.41, 5.74) is 6.64. The molecule has 2 N–H and O–H groups in total. The molecule has 0 saturated carbocycles. The topological polar surface area (TPSA) is 32.5 Å². The molecule has 118 valence electrons. The van der Waals surface area contributed by atoms with E-state index >= 15 is 0 Å². The van der Waals surface area contributed by atoms with Crippen molar-refractivity contribution < 1.29 is 4.39 Å². The van der Waals surface area contributed by atoms with Crippen molar-refractivity contribution in [2.75, 3.05) is 33.7 Å². The van der Waals surface area contributed by atoms with Crippen LogP contribution in [0, 0.1) is 11.7 Å². The largest absolute Gasteiger partial charge is 0.329 e. The molecular formula is C17H28FN3. The first-order chi connectivity index (χ1) is 9.87. The minimum Gasteiger partial charge on any atom is -0.329 e. The summed E-state index contributed by atoms with van der Waals surface area (Å²) in [6.07, 6.45) is 0.656. The maximum atomic E-state index is 14.0. The molecule has 1 saturated heterocycles. The van der Waals surface area contributed by atoms with E-state index in [4.69, 9.17) is 5.73 Å². The van der Waals surface area contributed by atoms with Crippen LogP contribution in [0.5, 0.6) is 0 Å². The molecule has 21 heavy (non-hydrogen) atoms. The second kappa shape index (κ2) is 6.42. The number of likely N-dealkylation sites (N-methyl/N-ethyl adjacent to an activating group) is 1. The van der Waals surface area contributed by atoms with E-state index in [1.165, 1.54) is 6.07 Å². The molecule has 1 fully saturated rings. The van der Waals surface area contributed by atoms with Crippen molar-refractivity contribution in [2.45, 2.75) is 31.8 Å². The first-order valence-corrected chi connectivity index (χ1v) is 7.72. The summed E-state index contributed by atoms with van der Waals surface area (Å²) in [6.45, 7) is 6.99. The van der Waals surface area contributed by atoms with Crippen LogP contribution in [0.25, 0.3) is 0 Å². The van der Waals surface area contributed by atoms with Gasteiger partial charge in [-0.3, -0.25) is 4.90 Å². The number of benzene rings is 1. The summed E-state index contributed by atoms with van der Waals surface area (Å²) in [4.78, 5) is 4.72. The zero-order valence-corrected chi connectivity index (χ0v) is 13.6. The Morgan fingerprint density at radius 1 is 1.33 bits per heavy atom. The van der Waals surface area contributed by atoms with Crippen LogP contribution in [-0.2, 0) is 6.42 Å². The lowest BCUT2D eigenvalue weighted by molar-refractivity contribution is 0.129. The van der Waals surface area contributed by atoms with Crippen molar-refractivity contribution in [2.24, 2.45) is 11.7 Å². The van der Waals surface area contributed by atoms with Gasteiger partial charge in [0.25, 0.3) is 0 Å². The fourth-order valence-corrected chi connectivity index (χ4v) is 3.43. The van der Waals surface area contributed by atoms with Gasteiger partial charge in [-0.25, -0.2) is 4.39 Å². The molecule has 0 aromatic heterocycles. The first kappa shape index (κ1) is 16.4. The van der Waals surface area contributed by atoms with Gasteiger partial charge >= 0.3 is 0 Å². The lowest BCUT2D eigenvalue weighted by atomic mass is 9.91. The van der Waals surface area contributed by atoms with Crippen molar-refractivity contribution in [3.8, 4) is 0 Å². The molecule has 1 heterocycles. The molecule has 0 amide bonds. The number of nitrogens with two attached hydrogens (primary N) is 1. The van der Waals surface area contributed by atoms with Gasteiger partial charge in [-0.15, -0.1) is 0 Å². The van der Waals surface area contributed by atoms with Gasteiger partial charge in [-0.2, -0.15) is 0 Å². The minimum absolute atomic E-state index is 0.131. The molecule has 1 aromatic carbocycles. The maximum Gasteiger partial charge on any atom is 0.126 e. The molecule has 3 nitrogen and oxygen atoms in total. The van der Waals surface area contributed by atoms with Gasteiger partial charge in [0.15, 0.2) is 0 Å². The molecule has 3 atom stereocenters. The summed E-state index contributed by atoms with van der Waals surface area (Å²) in [7, 11) is 4.25. The smallest absolute Gasteiger partial charge is 0.126 e. The summed E-state index contributed by atoms with van der Waals surface area (Å²) in [6, 6.07) is 7.56. The monoisotopic (exact) mass is 293 g/mol. The van der Waals surface area contributed by atoms with Crippen LogP contribution in [0.15, 0.2) is 24.3 Å². The Morgan fingerprint density at radius 3 is 2.52 bits per heavy atom. The lowest BCUT2D eigenvalue weighted by Gasteiger charge is -2.39. The number of hydrogen-bond donors (Lipinski definition) is 1. The van der Waals surface area contributed by atoms with Gasteiger partial charge in [0.2, 0.25) is 0 Å². The Kier molecular flexibility index (Phi) is 5.02. The summed E-state index contributed by atoms with van der Waals surface area (Å²) in [5.74, 6) is 0.472. The first-order valence-electron chi connectivity index (χ1n) is 7.72. The quantitative estimate of drug-likeness (QED) is 0.901. The van der Waals surface area contributed by atoms with Crippen LogP contribution >= 0.6 is 0 Å². The highest BCUT2D eigenvalue weighted by molar-refractivity contribution is 5.20. The molecule has 4 heteroatoms. The molecular weight excluding hydrogens is 265 g/mol. The number of likely N-dealkylation sites (tertiary alicyclic amines) is 1. The fraction of sp³-hybridized carbons (Fsp3) is 0.647. The zero-order chi connectivity index (χ0) is 15.6. The Hall–Kier alpha value is -0.970. The highest BCUT2D eigenvalue weighted by Gasteiger charge is 2.40. The van der Waals surface area contributed by atoms with Gasteiger partial charge < -0.3 is 10.6 Å². The Morgan fingerprint density at radius 2 is 2.00 bits per heavy atom. The van der Waals surface area contributed by atoms with E-state index in [2.05, 4.69) is 37.7 Å². The van der Waals surface area contributed by atoms with E-state index in [-0.39, 0.29) is 11.4 Å². The number of rotatable bonds is 5. The Bertz CT molecular complexity index is 477. The summed E-state index contributed by atoms with van der Waals surface area (Å²) in [5, 5.41) is 0. The molecule has 0 radical (unpaired) electrons. The average Bonchev–Trinajstić information content (AvgIpc) is 2.84. The SMILES string of the molecule is CC1CN(C(C)(CN)Cc2ccccc2F)CC1N(C)C. The van der Waals surface area contributed by atoms with Crippen molar-refractivity contribution >= 4 is 0 Å². The van der Waals surface area contributed by atoms with E-state index in [0.29, 0.717) is 24.9 Å². The highest BCUT2D eigenvalue weighted by atomic mass is 19.1. The summed E-state index contributed by atoms with van der Waals surface area (Å²) >= 11 is 0. The van der Waals surface area contributed by atoms with E-state index < -0.39 is 0 Å². The highest BCUT2D eigenvalue weighted by Crippen LogP contribution is 2.29. The molecule has 1 aliphatic rings. The van der Waals surface area contributed by atoms with E-state index in [1.54, 1.807) is 6.07 Å². The predicted molar refractivity (Wildman–Crippen MR) is 85.8 cm³/mol. The molecule has 2 rings (SSSR count). The molecule has 0 bridgehead atoms. The third-order valence-electron chi connectivity index (χ3n) is 4.97. The van der Waals surface area contributed by atoms with Crippen LogP contribution in [0.2, 0.25) is 0 Å². The molecule has 0 spiro atoms. The summed E-state index contributed by atoms with van der Waals surface area (Å²) < 4.78 is 14.0. The van der Waals surface area contributed by atoms with Gasteiger partial charge in [-0.1, -0.05) is 25.1 Å². The molecule has 0 aliphatic carbocycles. The van der Waals surface area contributed by atoms with Crippen molar-refractivity contribution in [1.29, 1.82) is 0 Å². The third kappa shape index (κ3) is 3.44. The average molecular weight is 293 g/mol. The van der Waals surface area contributed by atoms with E-state index in [9.17, 15) is 4.39 Å². The second-order valence-corrected chi connectivity index (χ2v) is 6.88. The standard InChI is InChI=1S/C17H28FN3/c1-13-10-21(11-16(13)20(3)4)17(2,12-19)9-14-7-5-6-8-15(14)18/h5-8,13,16H,9-12,19H2,1-4H3. The number of halogens is 1. The third-order valence-corrected chi connectivity index (χ3v) is 4.97. The van der Waals surface area contributed by atoms with Gasteiger partial charge in [0.05, 0.1) is 0 Å². The van der Waals surface area contributed by atoms with Crippen molar-refractivity contribution in [3.63, 3.8) is 0 Å². The van der Waals surface area contributed by atoms with Crippen LogP contribution in [0.3, 0.4) is 0 Å². The maximum absolute atomic E-state index is 14.0. The van der Waals surface area contributed by atoms with Gasteiger partial charge in [0.1, 0.15) is 5.82 Å². The van der Waals surface area contributed by atoms with Crippen LogP contribution in [0.4, 0.5) is 4.39 Å². The Balaban J connectivity index is 2.17. The number of nitrogens with zero attached hydrogens (tertiary/aromatic N) is 2. The second-order valence-electron chi connectivity index (χ2n) is 6.88. The van der Waals surface area contributed by atoms with E-state index in [0.717, 1.165) is 18.7 Å². The Labute approximate surface area is 127 Å². The van der Waals surface area contributed by atoms with E-state index in [1.807, 2.05) is 12.1 Å². The van der Waals surface area contributed by atoms with Crippen LogP contribution in [0.1, 0.15) is 19.4 Å².